The van der Waals surface area contributed by atoms with Crippen molar-refractivity contribution in [3.05, 3.63) is 78.5 Å². The molecule has 0 saturated carbocycles. The van der Waals surface area contributed by atoms with Gasteiger partial charge in [-0.3, -0.25) is 4.90 Å². The van der Waals surface area contributed by atoms with Crippen LogP contribution in [0.3, 0.4) is 0 Å². The van der Waals surface area contributed by atoms with Gasteiger partial charge in [-0.25, -0.2) is 9.97 Å². The molecule has 0 bridgehead atoms. The number of morpholine rings is 1. The minimum atomic E-state index is 0.221. The van der Waals surface area contributed by atoms with Gasteiger partial charge in [0.1, 0.15) is 16.4 Å². The molecule has 186 valence electrons. The molecule has 5 aromatic rings. The number of phenols is 1. The van der Waals surface area contributed by atoms with Crippen molar-refractivity contribution >= 4 is 22.3 Å². The van der Waals surface area contributed by atoms with Gasteiger partial charge in [0.15, 0.2) is 5.13 Å². The SMILES string of the molecule is Oc1ccc(-c2cc(CN3CCOCC3)cc(Nc3ncc(-c4nnc(-c5ccccc5)o4)s3)n2)cc1. The van der Waals surface area contributed by atoms with Gasteiger partial charge in [0.2, 0.25) is 5.89 Å². The van der Waals surface area contributed by atoms with Crippen molar-refractivity contribution in [3.63, 3.8) is 0 Å². The van der Waals surface area contributed by atoms with Gasteiger partial charge in [-0.05, 0) is 54.1 Å². The monoisotopic (exact) mass is 512 g/mol. The highest BCUT2D eigenvalue weighted by Gasteiger charge is 2.16. The quantitative estimate of drug-likeness (QED) is 0.304. The number of nitrogens with one attached hydrogen (secondary N) is 1. The summed E-state index contributed by atoms with van der Waals surface area (Å²) in [4.78, 5) is 12.5. The minimum Gasteiger partial charge on any atom is -0.508 e. The van der Waals surface area contributed by atoms with Crippen LogP contribution in [0.4, 0.5) is 10.9 Å². The first-order valence-corrected chi connectivity index (χ1v) is 12.7. The first kappa shape index (κ1) is 23.3. The number of ether oxygens (including phenoxy) is 1. The molecule has 1 saturated heterocycles. The van der Waals surface area contributed by atoms with Crippen LogP contribution in [0.1, 0.15) is 5.56 Å². The van der Waals surface area contributed by atoms with Crippen LogP contribution in [-0.2, 0) is 11.3 Å². The van der Waals surface area contributed by atoms with Gasteiger partial charge >= 0.3 is 0 Å². The second kappa shape index (κ2) is 10.5. The zero-order chi connectivity index (χ0) is 25.0. The standard InChI is InChI=1S/C27H24N6O3S/c34-21-8-6-19(7-9-21)22-14-18(17-33-10-12-35-13-11-33)15-24(29-22)30-27-28-16-23(37-27)26-32-31-25(36-26)20-4-2-1-3-5-20/h1-9,14-16,34H,10-13,17H2,(H,28,29,30). The Labute approximate surface area is 217 Å². The Balaban J connectivity index is 1.26. The minimum absolute atomic E-state index is 0.221. The maximum atomic E-state index is 9.71. The van der Waals surface area contributed by atoms with E-state index in [0.29, 0.717) is 22.7 Å². The molecule has 0 unspecified atom stereocenters. The van der Waals surface area contributed by atoms with Gasteiger partial charge < -0.3 is 19.6 Å². The summed E-state index contributed by atoms with van der Waals surface area (Å²) < 4.78 is 11.4. The van der Waals surface area contributed by atoms with Crippen molar-refractivity contribution in [3.8, 4) is 39.2 Å². The number of hydrogen-bond acceptors (Lipinski definition) is 10. The molecule has 1 aliphatic heterocycles. The van der Waals surface area contributed by atoms with E-state index in [4.69, 9.17) is 14.1 Å². The topological polar surface area (TPSA) is 109 Å². The first-order chi connectivity index (χ1) is 18.2. The van der Waals surface area contributed by atoms with Crippen LogP contribution < -0.4 is 5.32 Å². The van der Waals surface area contributed by atoms with Gasteiger partial charge in [-0.15, -0.1) is 10.2 Å². The fourth-order valence-electron chi connectivity index (χ4n) is 4.10. The molecular weight excluding hydrogens is 488 g/mol. The fraction of sp³-hybridized carbons (Fsp3) is 0.185. The number of pyridine rings is 1. The molecule has 1 aliphatic rings. The van der Waals surface area contributed by atoms with E-state index in [1.165, 1.54) is 11.3 Å². The smallest absolute Gasteiger partial charge is 0.259 e. The summed E-state index contributed by atoms with van der Waals surface area (Å²) in [5.41, 5.74) is 3.73. The maximum Gasteiger partial charge on any atom is 0.259 e. The third-order valence-electron chi connectivity index (χ3n) is 5.96. The Morgan fingerprint density at radius 2 is 1.70 bits per heavy atom. The molecule has 0 aliphatic carbocycles. The summed E-state index contributed by atoms with van der Waals surface area (Å²) in [6.45, 7) is 4.06. The zero-order valence-electron chi connectivity index (χ0n) is 19.9. The van der Waals surface area contributed by atoms with Crippen LogP contribution in [0, 0.1) is 0 Å². The van der Waals surface area contributed by atoms with Crippen molar-refractivity contribution in [2.45, 2.75) is 6.54 Å². The number of anilines is 2. The molecular formula is C27H24N6O3S. The molecule has 10 heteroatoms. The van der Waals surface area contributed by atoms with E-state index in [1.807, 2.05) is 48.5 Å². The summed E-state index contributed by atoms with van der Waals surface area (Å²) in [7, 11) is 0. The van der Waals surface area contributed by atoms with Crippen LogP contribution in [-0.4, -0.2) is 56.5 Å². The van der Waals surface area contributed by atoms with Crippen LogP contribution in [0.15, 0.2) is 77.3 Å². The number of aromatic hydroxyl groups is 1. The first-order valence-electron chi connectivity index (χ1n) is 11.9. The van der Waals surface area contributed by atoms with Crippen molar-refractivity contribution < 1.29 is 14.3 Å². The lowest BCUT2D eigenvalue weighted by atomic mass is 10.1. The molecule has 0 amide bonds. The molecule has 0 spiro atoms. The summed E-state index contributed by atoms with van der Waals surface area (Å²) in [6, 6.07) is 20.9. The number of phenolic OH excluding ortho intramolecular Hbond substituents is 1. The molecule has 0 radical (unpaired) electrons. The lowest BCUT2D eigenvalue weighted by Gasteiger charge is -2.26. The normalized spacial score (nSPS) is 14.1. The molecule has 2 aromatic carbocycles. The molecule has 9 nitrogen and oxygen atoms in total. The molecule has 1 fully saturated rings. The average Bonchev–Trinajstić information content (AvgIpc) is 3.60. The van der Waals surface area contributed by atoms with Gasteiger partial charge in [0.05, 0.1) is 25.1 Å². The van der Waals surface area contributed by atoms with E-state index in [9.17, 15) is 5.11 Å². The van der Waals surface area contributed by atoms with Crippen molar-refractivity contribution in [1.82, 2.24) is 25.1 Å². The summed E-state index contributed by atoms with van der Waals surface area (Å²) in [5, 5.41) is 22.1. The number of benzene rings is 2. The molecule has 0 atom stereocenters. The van der Waals surface area contributed by atoms with Crippen molar-refractivity contribution in [2.75, 3.05) is 31.6 Å². The Kier molecular flexibility index (Phi) is 6.59. The summed E-state index contributed by atoms with van der Waals surface area (Å²) in [6.07, 6.45) is 1.72. The zero-order valence-corrected chi connectivity index (χ0v) is 20.7. The van der Waals surface area contributed by atoms with Crippen LogP contribution >= 0.6 is 11.3 Å². The van der Waals surface area contributed by atoms with Crippen molar-refractivity contribution in [1.29, 1.82) is 0 Å². The predicted molar refractivity (Wildman–Crippen MR) is 142 cm³/mol. The molecule has 3 aromatic heterocycles. The number of nitrogens with zero attached hydrogens (tertiary/aromatic N) is 5. The van der Waals surface area contributed by atoms with Gasteiger partial charge in [0, 0.05) is 30.8 Å². The van der Waals surface area contributed by atoms with Gasteiger partial charge in [-0.1, -0.05) is 29.5 Å². The van der Waals surface area contributed by atoms with Gasteiger partial charge in [-0.2, -0.15) is 0 Å². The third-order valence-corrected chi connectivity index (χ3v) is 6.86. The lowest BCUT2D eigenvalue weighted by Crippen LogP contribution is -2.35. The molecule has 2 N–H and O–H groups in total. The Hall–Kier alpha value is -4.12. The highest BCUT2D eigenvalue weighted by molar-refractivity contribution is 7.18. The molecule has 4 heterocycles. The number of thiazole rings is 1. The van der Waals surface area contributed by atoms with Gasteiger partial charge in [0.25, 0.3) is 5.89 Å². The largest absolute Gasteiger partial charge is 0.508 e. The molecule has 37 heavy (non-hydrogen) atoms. The summed E-state index contributed by atoms with van der Waals surface area (Å²) in [5.74, 6) is 1.79. The second-order valence-corrected chi connectivity index (χ2v) is 9.64. The predicted octanol–water partition coefficient (Wildman–Crippen LogP) is 5.20. The maximum absolute atomic E-state index is 9.71. The van der Waals surface area contributed by atoms with E-state index in [2.05, 4.69) is 31.5 Å². The van der Waals surface area contributed by atoms with E-state index >= 15 is 0 Å². The van der Waals surface area contributed by atoms with Crippen LogP contribution in [0.25, 0.3) is 33.5 Å². The van der Waals surface area contributed by atoms with Crippen molar-refractivity contribution in [2.24, 2.45) is 0 Å². The number of aromatic nitrogens is 4. The second-order valence-electron chi connectivity index (χ2n) is 8.61. The third kappa shape index (κ3) is 5.51. The van der Waals surface area contributed by atoms with Crippen LogP contribution in [0.5, 0.6) is 5.75 Å². The Morgan fingerprint density at radius 1 is 0.919 bits per heavy atom. The molecule has 6 rings (SSSR count). The highest BCUT2D eigenvalue weighted by atomic mass is 32.1. The highest BCUT2D eigenvalue weighted by Crippen LogP contribution is 2.32. The lowest BCUT2D eigenvalue weighted by molar-refractivity contribution is 0.0342. The summed E-state index contributed by atoms with van der Waals surface area (Å²) >= 11 is 1.42. The van der Waals surface area contributed by atoms with Crippen LogP contribution in [0.2, 0.25) is 0 Å². The van der Waals surface area contributed by atoms with E-state index in [0.717, 1.165) is 60.1 Å². The average molecular weight is 513 g/mol. The number of hydrogen-bond donors (Lipinski definition) is 2. The Morgan fingerprint density at radius 3 is 2.51 bits per heavy atom. The Bertz CT molecular complexity index is 1480. The van der Waals surface area contributed by atoms with E-state index < -0.39 is 0 Å². The van der Waals surface area contributed by atoms with E-state index in [1.54, 1.807) is 18.3 Å². The fourth-order valence-corrected chi connectivity index (χ4v) is 4.85. The van der Waals surface area contributed by atoms with E-state index in [-0.39, 0.29) is 5.75 Å². The number of rotatable bonds is 7.